The lowest BCUT2D eigenvalue weighted by Gasteiger charge is -2.10. The van der Waals surface area contributed by atoms with Crippen molar-refractivity contribution in [1.82, 2.24) is 4.90 Å². The van der Waals surface area contributed by atoms with Crippen molar-refractivity contribution >= 4 is 0 Å². The number of rotatable bonds is 1. The molecular weight excluding hydrogens is 201 g/mol. The summed E-state index contributed by atoms with van der Waals surface area (Å²) < 4.78 is 12.6. The first-order valence-electron chi connectivity index (χ1n) is 6.11. The fraction of sp³-hybridized carbons (Fsp3) is 0.571. The molecule has 0 saturated carbocycles. The highest BCUT2D eigenvalue weighted by molar-refractivity contribution is 5.21. The molecule has 2 heteroatoms. The van der Waals surface area contributed by atoms with Crippen molar-refractivity contribution in [3.05, 3.63) is 35.6 Å². The number of hydrogen-bond donors (Lipinski definition) is 0. The second-order valence-corrected chi connectivity index (χ2v) is 4.51. The van der Waals surface area contributed by atoms with Gasteiger partial charge in [0.25, 0.3) is 0 Å². The summed E-state index contributed by atoms with van der Waals surface area (Å²) in [6.07, 6.45) is 2.45. The van der Waals surface area contributed by atoms with Crippen LogP contribution in [-0.4, -0.2) is 25.0 Å². The van der Waals surface area contributed by atoms with E-state index in [1.54, 1.807) is 12.1 Å². The van der Waals surface area contributed by atoms with Gasteiger partial charge in [0.1, 0.15) is 5.82 Å². The maximum absolute atomic E-state index is 12.6. The van der Waals surface area contributed by atoms with E-state index < -0.39 is 0 Å². The maximum Gasteiger partial charge on any atom is 0.123 e. The fourth-order valence-corrected chi connectivity index (χ4v) is 1.94. The average molecular weight is 223 g/mol. The normalized spacial score (nSPS) is 20.4. The zero-order valence-electron chi connectivity index (χ0n) is 10.5. The van der Waals surface area contributed by atoms with Crippen molar-refractivity contribution in [3.8, 4) is 0 Å². The predicted molar refractivity (Wildman–Crippen MR) is 67.2 cm³/mol. The minimum absolute atomic E-state index is 0.143. The second kappa shape index (κ2) is 6.64. The third-order valence-electron chi connectivity index (χ3n) is 2.73. The molecule has 1 aliphatic rings. The van der Waals surface area contributed by atoms with Crippen LogP contribution in [0.15, 0.2) is 24.3 Å². The fourth-order valence-electron chi connectivity index (χ4n) is 1.94. The number of likely N-dealkylation sites (tertiary alicyclic amines) is 1. The minimum atomic E-state index is -0.143. The molecule has 90 valence electrons. The Labute approximate surface area is 98.3 Å². The Hall–Kier alpha value is -0.890. The van der Waals surface area contributed by atoms with Gasteiger partial charge in [-0.1, -0.05) is 32.4 Å². The summed E-state index contributed by atoms with van der Waals surface area (Å²) in [7, 11) is 2.13. The van der Waals surface area contributed by atoms with Crippen LogP contribution in [0.4, 0.5) is 4.39 Å². The quantitative estimate of drug-likeness (QED) is 0.702. The van der Waals surface area contributed by atoms with E-state index in [0.29, 0.717) is 5.92 Å². The molecule has 0 radical (unpaired) electrons. The molecule has 0 spiro atoms. The lowest BCUT2D eigenvalue weighted by atomic mass is 9.99. The highest BCUT2D eigenvalue weighted by Crippen LogP contribution is 2.25. The van der Waals surface area contributed by atoms with Gasteiger partial charge in [0.2, 0.25) is 0 Å². The number of halogens is 1. The second-order valence-electron chi connectivity index (χ2n) is 4.51. The summed E-state index contributed by atoms with van der Waals surface area (Å²) in [5.41, 5.74) is 1.27. The van der Waals surface area contributed by atoms with Crippen molar-refractivity contribution < 1.29 is 4.39 Å². The largest absolute Gasteiger partial charge is 0.306 e. The Morgan fingerprint density at radius 1 is 1.25 bits per heavy atom. The van der Waals surface area contributed by atoms with Gasteiger partial charge in [-0.3, -0.25) is 0 Å². The molecule has 1 unspecified atom stereocenters. The summed E-state index contributed by atoms with van der Waals surface area (Å²) in [4.78, 5) is 2.31. The molecule has 0 N–H and O–H groups in total. The number of nitrogens with zero attached hydrogens (tertiary/aromatic N) is 1. The Kier molecular flexibility index (Phi) is 5.47. The van der Waals surface area contributed by atoms with Crippen molar-refractivity contribution in [2.24, 2.45) is 0 Å². The molecule has 0 aromatic heterocycles. The zero-order valence-corrected chi connectivity index (χ0v) is 10.5. The molecule has 1 saturated heterocycles. The third kappa shape index (κ3) is 3.93. The number of hydrogen-bond acceptors (Lipinski definition) is 1. The van der Waals surface area contributed by atoms with Crippen molar-refractivity contribution in [2.75, 3.05) is 20.1 Å². The van der Waals surface area contributed by atoms with E-state index in [1.807, 2.05) is 12.1 Å². The summed E-state index contributed by atoms with van der Waals surface area (Å²) in [6, 6.07) is 6.90. The first-order chi connectivity index (χ1) is 7.67. The van der Waals surface area contributed by atoms with E-state index in [9.17, 15) is 4.39 Å². The highest BCUT2D eigenvalue weighted by atomic mass is 19.1. The van der Waals surface area contributed by atoms with Crippen molar-refractivity contribution in [3.63, 3.8) is 0 Å². The lowest BCUT2D eigenvalue weighted by Crippen LogP contribution is -2.13. The molecule has 2 rings (SSSR count). The summed E-state index contributed by atoms with van der Waals surface area (Å²) >= 11 is 0. The summed E-state index contributed by atoms with van der Waals surface area (Å²) in [6.45, 7) is 6.51. The molecule has 1 aliphatic heterocycles. The summed E-state index contributed by atoms with van der Waals surface area (Å²) in [5, 5.41) is 0. The Bertz CT molecular complexity index is 294. The van der Waals surface area contributed by atoms with E-state index in [-0.39, 0.29) is 5.82 Å². The average Bonchev–Trinajstić information content (AvgIpc) is 2.67. The summed E-state index contributed by atoms with van der Waals surface area (Å²) in [5.74, 6) is 0.459. The molecule has 0 bridgehead atoms. The van der Waals surface area contributed by atoms with Crippen LogP contribution in [0, 0.1) is 5.82 Å². The van der Waals surface area contributed by atoms with Gasteiger partial charge in [0, 0.05) is 6.54 Å². The van der Waals surface area contributed by atoms with E-state index in [2.05, 4.69) is 25.8 Å². The minimum Gasteiger partial charge on any atom is -0.306 e. The molecule has 0 aliphatic carbocycles. The lowest BCUT2D eigenvalue weighted by molar-refractivity contribution is 0.411. The van der Waals surface area contributed by atoms with E-state index in [0.717, 1.165) is 13.1 Å². The maximum atomic E-state index is 12.6. The zero-order chi connectivity index (χ0) is 12.0. The Morgan fingerprint density at radius 2 is 1.81 bits per heavy atom. The van der Waals surface area contributed by atoms with Gasteiger partial charge in [-0.25, -0.2) is 4.39 Å². The van der Waals surface area contributed by atoms with Crippen LogP contribution in [0.5, 0.6) is 0 Å². The van der Waals surface area contributed by atoms with Crippen LogP contribution in [-0.2, 0) is 0 Å². The molecule has 1 aromatic carbocycles. The van der Waals surface area contributed by atoms with E-state index in [4.69, 9.17) is 0 Å². The van der Waals surface area contributed by atoms with Gasteiger partial charge in [0.15, 0.2) is 0 Å². The smallest absolute Gasteiger partial charge is 0.123 e. The standard InChI is InChI=1S/C11H14FN.C3H8/c1-13-7-6-10(8-13)9-2-4-11(12)5-3-9;1-3-2/h2-5,10H,6-8H2,1H3;3H2,1-2H3. The van der Waals surface area contributed by atoms with Crippen molar-refractivity contribution in [2.45, 2.75) is 32.6 Å². The third-order valence-corrected chi connectivity index (χ3v) is 2.73. The van der Waals surface area contributed by atoms with Crippen molar-refractivity contribution in [1.29, 1.82) is 0 Å². The van der Waals surface area contributed by atoms with Crippen LogP contribution in [0.3, 0.4) is 0 Å². The van der Waals surface area contributed by atoms with Crippen LogP contribution in [0.25, 0.3) is 0 Å². The van der Waals surface area contributed by atoms with Gasteiger partial charge in [-0.05, 0) is 43.6 Å². The Morgan fingerprint density at radius 3 is 2.25 bits per heavy atom. The van der Waals surface area contributed by atoms with Gasteiger partial charge in [0.05, 0.1) is 0 Å². The molecule has 1 fully saturated rings. The van der Waals surface area contributed by atoms with Crippen LogP contribution >= 0.6 is 0 Å². The molecule has 1 nitrogen and oxygen atoms in total. The van der Waals surface area contributed by atoms with Crippen LogP contribution in [0.1, 0.15) is 38.2 Å². The molecule has 1 aromatic rings. The first kappa shape index (κ1) is 13.2. The van der Waals surface area contributed by atoms with Crippen LogP contribution < -0.4 is 0 Å². The first-order valence-corrected chi connectivity index (χ1v) is 6.11. The van der Waals surface area contributed by atoms with Gasteiger partial charge < -0.3 is 4.90 Å². The molecule has 16 heavy (non-hydrogen) atoms. The molecular formula is C14H22FN. The Balaban J connectivity index is 0.000000386. The molecule has 1 atom stereocenters. The molecule has 1 heterocycles. The highest BCUT2D eigenvalue weighted by Gasteiger charge is 2.20. The number of benzene rings is 1. The van der Waals surface area contributed by atoms with Gasteiger partial charge in [-0.2, -0.15) is 0 Å². The van der Waals surface area contributed by atoms with Gasteiger partial charge in [-0.15, -0.1) is 0 Å². The van der Waals surface area contributed by atoms with Crippen LogP contribution in [0.2, 0.25) is 0 Å². The van der Waals surface area contributed by atoms with E-state index >= 15 is 0 Å². The van der Waals surface area contributed by atoms with E-state index in [1.165, 1.54) is 18.4 Å². The number of likely N-dealkylation sites (N-methyl/N-ethyl adjacent to an activating group) is 1. The topological polar surface area (TPSA) is 3.24 Å². The SMILES string of the molecule is CCC.CN1CCC(c2ccc(F)cc2)C1. The monoisotopic (exact) mass is 223 g/mol. The van der Waals surface area contributed by atoms with Gasteiger partial charge >= 0.3 is 0 Å². The predicted octanol–water partition coefficient (Wildman–Crippen LogP) is 3.66. The molecule has 0 amide bonds.